The predicted molar refractivity (Wildman–Crippen MR) is 70.4 cm³/mol. The van der Waals surface area contributed by atoms with Crippen molar-refractivity contribution in [2.24, 2.45) is 0 Å². The topological polar surface area (TPSA) is 40.5 Å². The molecule has 0 radical (unpaired) electrons. The summed E-state index contributed by atoms with van der Waals surface area (Å²) in [6.07, 6.45) is 0.154. The van der Waals surface area contributed by atoms with Gasteiger partial charge in [0, 0.05) is 24.0 Å². The number of halogens is 1. The van der Waals surface area contributed by atoms with E-state index in [1.165, 1.54) is 12.1 Å². The standard InChI is InChI=1S/C15H14FNO2/c16-14-6-5-13(11-3-1-2-4-12(11)14)15(19)17-8-7-10(18)9-17/h1-6,10,18H,7-9H2/t10-/m1/s1. The van der Waals surface area contributed by atoms with Crippen molar-refractivity contribution in [2.45, 2.75) is 12.5 Å². The lowest BCUT2D eigenvalue weighted by Crippen LogP contribution is -2.29. The van der Waals surface area contributed by atoms with Gasteiger partial charge in [-0.3, -0.25) is 4.79 Å². The number of carbonyl (C=O) groups is 1. The molecule has 0 unspecified atom stereocenters. The molecule has 0 aromatic heterocycles. The van der Waals surface area contributed by atoms with Gasteiger partial charge in [0.05, 0.1) is 6.10 Å². The first kappa shape index (κ1) is 12.1. The molecule has 0 aliphatic carbocycles. The predicted octanol–water partition coefficient (Wildman–Crippen LogP) is 2.19. The lowest BCUT2D eigenvalue weighted by atomic mass is 10.0. The van der Waals surface area contributed by atoms with Gasteiger partial charge in [-0.2, -0.15) is 0 Å². The molecule has 3 rings (SSSR count). The molecule has 0 spiro atoms. The first-order valence-electron chi connectivity index (χ1n) is 6.31. The molecule has 2 aromatic carbocycles. The van der Waals surface area contributed by atoms with E-state index < -0.39 is 6.10 Å². The summed E-state index contributed by atoms with van der Waals surface area (Å²) in [5, 5.41) is 10.6. The van der Waals surface area contributed by atoms with Gasteiger partial charge in [-0.05, 0) is 23.9 Å². The molecule has 0 saturated carbocycles. The van der Waals surface area contributed by atoms with Crippen molar-refractivity contribution >= 4 is 16.7 Å². The zero-order valence-corrected chi connectivity index (χ0v) is 10.3. The molecule has 1 saturated heterocycles. The summed E-state index contributed by atoms with van der Waals surface area (Å²) in [5.74, 6) is -0.471. The van der Waals surface area contributed by atoms with E-state index in [-0.39, 0.29) is 11.7 Å². The third-order valence-corrected chi connectivity index (χ3v) is 3.55. The first-order valence-corrected chi connectivity index (χ1v) is 6.31. The number of hydrogen-bond donors (Lipinski definition) is 1. The van der Waals surface area contributed by atoms with Crippen molar-refractivity contribution in [2.75, 3.05) is 13.1 Å². The van der Waals surface area contributed by atoms with Crippen molar-refractivity contribution in [3.63, 3.8) is 0 Å². The van der Waals surface area contributed by atoms with Gasteiger partial charge < -0.3 is 10.0 Å². The maximum absolute atomic E-state index is 13.7. The van der Waals surface area contributed by atoms with E-state index in [4.69, 9.17) is 0 Å². The second-order valence-electron chi connectivity index (χ2n) is 4.83. The van der Waals surface area contributed by atoms with Crippen molar-refractivity contribution in [3.05, 3.63) is 47.8 Å². The zero-order chi connectivity index (χ0) is 13.4. The number of aliphatic hydroxyl groups is 1. The van der Waals surface area contributed by atoms with Crippen molar-refractivity contribution in [1.82, 2.24) is 4.90 Å². The summed E-state index contributed by atoms with van der Waals surface area (Å²) in [6.45, 7) is 0.899. The van der Waals surface area contributed by atoms with Gasteiger partial charge in [0.15, 0.2) is 0 Å². The third-order valence-electron chi connectivity index (χ3n) is 3.55. The highest BCUT2D eigenvalue weighted by Crippen LogP contribution is 2.24. The van der Waals surface area contributed by atoms with Gasteiger partial charge in [-0.25, -0.2) is 4.39 Å². The Balaban J connectivity index is 2.06. The number of amides is 1. The summed E-state index contributed by atoms with van der Waals surface area (Å²) in [4.78, 5) is 14.0. The van der Waals surface area contributed by atoms with Gasteiger partial charge in [0.25, 0.3) is 5.91 Å². The van der Waals surface area contributed by atoms with E-state index in [1.807, 2.05) is 0 Å². The van der Waals surface area contributed by atoms with Gasteiger partial charge in [0.2, 0.25) is 0 Å². The number of rotatable bonds is 1. The van der Waals surface area contributed by atoms with Crippen LogP contribution < -0.4 is 0 Å². The van der Waals surface area contributed by atoms with Crippen LogP contribution in [-0.2, 0) is 0 Å². The molecular formula is C15H14FNO2. The van der Waals surface area contributed by atoms with Crippen LogP contribution in [0.3, 0.4) is 0 Å². The van der Waals surface area contributed by atoms with Crippen LogP contribution in [0.4, 0.5) is 4.39 Å². The normalized spacial score (nSPS) is 19.1. The smallest absolute Gasteiger partial charge is 0.254 e. The minimum Gasteiger partial charge on any atom is -0.391 e. The fourth-order valence-electron chi connectivity index (χ4n) is 2.55. The fraction of sp³-hybridized carbons (Fsp3) is 0.267. The number of aliphatic hydroxyl groups excluding tert-OH is 1. The van der Waals surface area contributed by atoms with Gasteiger partial charge in [-0.1, -0.05) is 24.3 Å². The molecule has 2 aromatic rings. The molecule has 1 fully saturated rings. The number of benzene rings is 2. The molecule has 0 bridgehead atoms. The summed E-state index contributed by atoms with van der Waals surface area (Å²) < 4.78 is 13.7. The van der Waals surface area contributed by atoms with Crippen LogP contribution in [0.5, 0.6) is 0 Å². The molecule has 1 atom stereocenters. The van der Waals surface area contributed by atoms with Gasteiger partial charge in [-0.15, -0.1) is 0 Å². The summed E-state index contributed by atoms with van der Waals surface area (Å²) in [7, 11) is 0. The monoisotopic (exact) mass is 259 g/mol. The van der Waals surface area contributed by atoms with E-state index in [2.05, 4.69) is 0 Å². The number of carbonyl (C=O) groups excluding carboxylic acids is 1. The Bertz CT molecular complexity index is 641. The number of likely N-dealkylation sites (tertiary alicyclic amines) is 1. The molecule has 1 aliphatic rings. The van der Waals surface area contributed by atoms with E-state index in [9.17, 15) is 14.3 Å². The van der Waals surface area contributed by atoms with E-state index in [0.717, 1.165) is 0 Å². The molecule has 4 heteroatoms. The molecule has 1 aliphatic heterocycles. The summed E-state index contributed by atoms with van der Waals surface area (Å²) in [5.41, 5.74) is 0.492. The molecule has 1 N–H and O–H groups in total. The van der Waals surface area contributed by atoms with Crippen LogP contribution in [0.25, 0.3) is 10.8 Å². The number of hydrogen-bond acceptors (Lipinski definition) is 2. The maximum Gasteiger partial charge on any atom is 0.254 e. The number of fused-ring (bicyclic) bond motifs is 1. The average molecular weight is 259 g/mol. The Morgan fingerprint density at radius 3 is 2.63 bits per heavy atom. The van der Waals surface area contributed by atoms with Crippen LogP contribution in [-0.4, -0.2) is 35.1 Å². The lowest BCUT2D eigenvalue weighted by molar-refractivity contribution is 0.0767. The first-order chi connectivity index (χ1) is 9.16. The molecular weight excluding hydrogens is 245 g/mol. The van der Waals surface area contributed by atoms with Crippen LogP contribution in [0.2, 0.25) is 0 Å². The van der Waals surface area contributed by atoms with E-state index in [1.54, 1.807) is 29.2 Å². The summed E-state index contributed by atoms with van der Waals surface area (Å²) >= 11 is 0. The lowest BCUT2D eigenvalue weighted by Gasteiger charge is -2.17. The average Bonchev–Trinajstić information content (AvgIpc) is 2.86. The quantitative estimate of drug-likeness (QED) is 0.852. The Hall–Kier alpha value is -1.94. The van der Waals surface area contributed by atoms with Crippen molar-refractivity contribution in [3.8, 4) is 0 Å². The van der Waals surface area contributed by atoms with Gasteiger partial charge in [0.1, 0.15) is 5.82 Å². The fourth-order valence-corrected chi connectivity index (χ4v) is 2.55. The third kappa shape index (κ3) is 2.08. The molecule has 98 valence electrons. The van der Waals surface area contributed by atoms with E-state index in [0.29, 0.717) is 35.8 Å². The van der Waals surface area contributed by atoms with E-state index >= 15 is 0 Å². The second-order valence-corrected chi connectivity index (χ2v) is 4.83. The van der Waals surface area contributed by atoms with Crippen LogP contribution >= 0.6 is 0 Å². The summed E-state index contributed by atoms with van der Waals surface area (Å²) in [6, 6.07) is 9.79. The van der Waals surface area contributed by atoms with Crippen molar-refractivity contribution < 1.29 is 14.3 Å². The SMILES string of the molecule is O=C(c1ccc(F)c2ccccc12)N1CC[C@@H](O)C1. The largest absolute Gasteiger partial charge is 0.391 e. The molecule has 3 nitrogen and oxygen atoms in total. The molecule has 1 heterocycles. The highest BCUT2D eigenvalue weighted by molar-refractivity contribution is 6.07. The Morgan fingerprint density at radius 1 is 1.21 bits per heavy atom. The van der Waals surface area contributed by atoms with Crippen LogP contribution in [0.15, 0.2) is 36.4 Å². The zero-order valence-electron chi connectivity index (χ0n) is 10.3. The Morgan fingerprint density at radius 2 is 1.95 bits per heavy atom. The Kier molecular flexibility index (Phi) is 2.95. The minimum absolute atomic E-state index is 0.146. The number of β-amino-alcohol motifs (C(OH)–C–C–N with tert-alkyl or cyclic N) is 1. The molecule has 1 amide bonds. The Labute approximate surface area is 110 Å². The van der Waals surface area contributed by atoms with Crippen LogP contribution in [0.1, 0.15) is 16.8 Å². The van der Waals surface area contributed by atoms with Crippen molar-refractivity contribution in [1.29, 1.82) is 0 Å². The number of nitrogens with zero attached hydrogens (tertiary/aromatic N) is 1. The minimum atomic E-state index is -0.448. The highest BCUT2D eigenvalue weighted by atomic mass is 19.1. The van der Waals surface area contributed by atoms with Crippen LogP contribution in [0, 0.1) is 5.82 Å². The van der Waals surface area contributed by atoms with Gasteiger partial charge >= 0.3 is 0 Å². The maximum atomic E-state index is 13.7. The molecule has 19 heavy (non-hydrogen) atoms. The second kappa shape index (κ2) is 4.63. The highest BCUT2D eigenvalue weighted by Gasteiger charge is 2.26.